The first kappa shape index (κ1) is 17.1. The van der Waals surface area contributed by atoms with E-state index in [0.29, 0.717) is 36.4 Å². The molecule has 0 radical (unpaired) electrons. The van der Waals surface area contributed by atoms with Crippen LogP contribution in [0.2, 0.25) is 5.02 Å². The van der Waals surface area contributed by atoms with E-state index in [-0.39, 0.29) is 17.8 Å². The number of carboxylic acid groups (broad SMARTS) is 1. The standard InChI is InChI=1S/C21H25ClO3/c1-21-9-8-16-15-6-4-14(22)10-12(15)2-5-17(16)20(21)13(11-18(21)23)3-7-19(24)25/h4,6,10,13,16-17,20H,2-3,5,7-9,11H2,1H3,(H,24,25)/t13-,16?,17?,20?,21-/m1/s1. The molecule has 1 aromatic carbocycles. The number of halogens is 1. The van der Waals surface area contributed by atoms with Crippen molar-refractivity contribution in [2.24, 2.45) is 23.2 Å². The minimum absolute atomic E-state index is 0.175. The lowest BCUT2D eigenvalue weighted by molar-refractivity contribution is -0.137. The molecule has 0 saturated heterocycles. The normalized spacial score (nSPS) is 36.5. The molecule has 0 spiro atoms. The molecule has 1 aromatic rings. The monoisotopic (exact) mass is 360 g/mol. The van der Waals surface area contributed by atoms with Gasteiger partial charge in [-0.1, -0.05) is 24.6 Å². The van der Waals surface area contributed by atoms with Gasteiger partial charge in [0.25, 0.3) is 0 Å². The number of aliphatic carboxylic acids is 1. The molecule has 0 heterocycles. The Morgan fingerprint density at radius 1 is 1.36 bits per heavy atom. The Morgan fingerprint density at radius 3 is 2.92 bits per heavy atom. The zero-order chi connectivity index (χ0) is 17.8. The average Bonchev–Trinajstić information content (AvgIpc) is 2.83. The van der Waals surface area contributed by atoms with Crippen molar-refractivity contribution in [3.05, 3.63) is 34.3 Å². The fraction of sp³-hybridized carbons (Fsp3) is 0.619. The van der Waals surface area contributed by atoms with E-state index in [4.69, 9.17) is 16.7 Å². The summed E-state index contributed by atoms with van der Waals surface area (Å²) in [4.78, 5) is 23.8. The summed E-state index contributed by atoms with van der Waals surface area (Å²) in [6, 6.07) is 6.26. The van der Waals surface area contributed by atoms with Crippen molar-refractivity contribution in [2.45, 2.75) is 57.8 Å². The number of aryl methyl sites for hydroxylation is 1. The molecule has 2 saturated carbocycles. The van der Waals surface area contributed by atoms with E-state index in [2.05, 4.69) is 19.1 Å². The van der Waals surface area contributed by atoms with Crippen LogP contribution in [-0.2, 0) is 16.0 Å². The first-order valence-electron chi connectivity index (χ1n) is 9.43. The molecule has 3 aliphatic carbocycles. The third-order valence-electron chi connectivity index (χ3n) is 7.26. The number of carbonyl (C=O) groups is 2. The zero-order valence-corrected chi connectivity index (χ0v) is 15.4. The highest BCUT2D eigenvalue weighted by Gasteiger charge is 2.58. The Balaban J connectivity index is 1.67. The predicted molar refractivity (Wildman–Crippen MR) is 96.8 cm³/mol. The molecule has 134 valence electrons. The Hall–Kier alpha value is -1.35. The van der Waals surface area contributed by atoms with E-state index >= 15 is 0 Å². The summed E-state index contributed by atoms with van der Waals surface area (Å²) >= 11 is 6.18. The molecule has 1 N–H and O–H groups in total. The Morgan fingerprint density at radius 2 is 2.16 bits per heavy atom. The fourth-order valence-electron chi connectivity index (χ4n) is 6.18. The number of carbonyl (C=O) groups excluding carboxylic acids is 1. The van der Waals surface area contributed by atoms with E-state index in [1.165, 1.54) is 11.1 Å². The summed E-state index contributed by atoms with van der Waals surface area (Å²) in [7, 11) is 0. The van der Waals surface area contributed by atoms with Crippen LogP contribution in [0.1, 0.15) is 62.5 Å². The van der Waals surface area contributed by atoms with E-state index in [1.54, 1.807) is 0 Å². The van der Waals surface area contributed by atoms with Crippen molar-refractivity contribution in [1.82, 2.24) is 0 Å². The first-order valence-corrected chi connectivity index (χ1v) is 9.81. The molecule has 5 atom stereocenters. The van der Waals surface area contributed by atoms with E-state index in [9.17, 15) is 9.59 Å². The molecule has 4 heteroatoms. The van der Waals surface area contributed by atoms with Crippen LogP contribution >= 0.6 is 11.6 Å². The quantitative estimate of drug-likeness (QED) is 0.837. The Labute approximate surface area is 153 Å². The third kappa shape index (κ3) is 2.71. The Bertz CT molecular complexity index is 728. The second kappa shape index (κ2) is 6.12. The first-order chi connectivity index (χ1) is 11.9. The van der Waals surface area contributed by atoms with E-state index < -0.39 is 5.97 Å². The van der Waals surface area contributed by atoms with Crippen molar-refractivity contribution in [2.75, 3.05) is 0 Å². The van der Waals surface area contributed by atoms with Crippen LogP contribution in [0.4, 0.5) is 0 Å². The second-order valence-corrected chi connectivity index (χ2v) is 8.89. The smallest absolute Gasteiger partial charge is 0.303 e. The van der Waals surface area contributed by atoms with Crippen LogP contribution in [0, 0.1) is 23.2 Å². The number of benzene rings is 1. The number of carboxylic acids is 1. The van der Waals surface area contributed by atoms with E-state index in [0.717, 1.165) is 30.7 Å². The van der Waals surface area contributed by atoms with Crippen molar-refractivity contribution in [3.63, 3.8) is 0 Å². The minimum Gasteiger partial charge on any atom is -0.481 e. The van der Waals surface area contributed by atoms with Crippen molar-refractivity contribution in [1.29, 1.82) is 0 Å². The molecule has 0 aromatic heterocycles. The van der Waals surface area contributed by atoms with Gasteiger partial charge in [-0.2, -0.15) is 0 Å². The lowest BCUT2D eigenvalue weighted by Gasteiger charge is -2.50. The number of hydrogen-bond donors (Lipinski definition) is 1. The predicted octanol–water partition coefficient (Wildman–Crippen LogP) is 4.86. The van der Waals surface area contributed by atoms with Gasteiger partial charge in [0.15, 0.2) is 0 Å². The van der Waals surface area contributed by atoms with Gasteiger partial charge < -0.3 is 5.11 Å². The van der Waals surface area contributed by atoms with Gasteiger partial charge in [-0.05, 0) is 79.0 Å². The minimum atomic E-state index is -0.753. The van der Waals surface area contributed by atoms with Gasteiger partial charge in [0, 0.05) is 23.3 Å². The number of ketones is 1. The summed E-state index contributed by atoms with van der Waals surface area (Å²) in [5.41, 5.74) is 2.54. The number of rotatable bonds is 3. The highest BCUT2D eigenvalue weighted by atomic mass is 35.5. The van der Waals surface area contributed by atoms with Crippen molar-refractivity contribution < 1.29 is 14.7 Å². The number of Topliss-reactive ketones (excluding diaryl/α,β-unsaturated/α-hetero) is 1. The van der Waals surface area contributed by atoms with E-state index in [1.807, 2.05) is 6.07 Å². The highest BCUT2D eigenvalue weighted by Crippen LogP contribution is 2.62. The van der Waals surface area contributed by atoms with Crippen LogP contribution < -0.4 is 0 Å². The van der Waals surface area contributed by atoms with Gasteiger partial charge in [0.2, 0.25) is 0 Å². The number of fused-ring (bicyclic) bond motifs is 5. The van der Waals surface area contributed by atoms with Crippen LogP contribution in [0.15, 0.2) is 18.2 Å². The van der Waals surface area contributed by atoms with Gasteiger partial charge in [-0.15, -0.1) is 0 Å². The number of hydrogen-bond acceptors (Lipinski definition) is 2. The molecule has 4 rings (SSSR count). The molecular formula is C21H25ClO3. The fourth-order valence-corrected chi connectivity index (χ4v) is 6.38. The van der Waals surface area contributed by atoms with Gasteiger partial charge in [0.1, 0.15) is 5.78 Å². The van der Waals surface area contributed by atoms with Crippen LogP contribution in [0.25, 0.3) is 0 Å². The molecule has 0 bridgehead atoms. The maximum Gasteiger partial charge on any atom is 0.303 e. The molecule has 0 aliphatic heterocycles. The van der Waals surface area contributed by atoms with Crippen LogP contribution in [0.5, 0.6) is 0 Å². The average molecular weight is 361 g/mol. The van der Waals surface area contributed by atoms with Gasteiger partial charge >= 0.3 is 5.97 Å². The van der Waals surface area contributed by atoms with Crippen LogP contribution in [-0.4, -0.2) is 16.9 Å². The van der Waals surface area contributed by atoms with Gasteiger partial charge in [0.05, 0.1) is 0 Å². The third-order valence-corrected chi connectivity index (χ3v) is 7.50. The maximum atomic E-state index is 12.8. The van der Waals surface area contributed by atoms with Crippen LogP contribution in [0.3, 0.4) is 0 Å². The molecule has 3 unspecified atom stereocenters. The molecule has 0 amide bonds. The maximum absolute atomic E-state index is 12.8. The van der Waals surface area contributed by atoms with Gasteiger partial charge in [-0.3, -0.25) is 9.59 Å². The summed E-state index contributed by atoms with van der Waals surface area (Å²) in [5, 5.41) is 9.89. The lowest BCUT2D eigenvalue weighted by atomic mass is 9.54. The topological polar surface area (TPSA) is 54.4 Å². The molecule has 25 heavy (non-hydrogen) atoms. The summed E-state index contributed by atoms with van der Waals surface area (Å²) in [5.74, 6) is 1.18. The zero-order valence-electron chi connectivity index (χ0n) is 14.6. The van der Waals surface area contributed by atoms with Gasteiger partial charge in [-0.25, -0.2) is 0 Å². The summed E-state index contributed by atoms with van der Waals surface area (Å²) in [6.45, 7) is 2.15. The largest absolute Gasteiger partial charge is 0.481 e. The summed E-state index contributed by atoms with van der Waals surface area (Å²) < 4.78 is 0. The Kier molecular flexibility index (Phi) is 4.18. The molecule has 3 nitrogen and oxygen atoms in total. The molecule has 2 fully saturated rings. The molecular weight excluding hydrogens is 336 g/mol. The SMILES string of the molecule is C[C@]12CCC3c4ccc(Cl)cc4CCC3C1[C@H](CCC(=O)O)CC2=O. The molecule has 3 aliphatic rings. The lowest BCUT2D eigenvalue weighted by Crippen LogP contribution is -2.44. The van der Waals surface area contributed by atoms with Crippen molar-refractivity contribution in [3.8, 4) is 0 Å². The summed E-state index contributed by atoms with van der Waals surface area (Å²) in [6.07, 6.45) is 5.49. The second-order valence-electron chi connectivity index (χ2n) is 8.45. The highest BCUT2D eigenvalue weighted by molar-refractivity contribution is 6.30. The van der Waals surface area contributed by atoms with Crippen molar-refractivity contribution >= 4 is 23.4 Å².